The van der Waals surface area contributed by atoms with Gasteiger partial charge in [-0.1, -0.05) is 32.6 Å². The Labute approximate surface area is 123 Å². The van der Waals surface area contributed by atoms with Gasteiger partial charge in [-0.15, -0.1) is 0 Å². The van der Waals surface area contributed by atoms with Crippen LogP contribution in [-0.4, -0.2) is 20.0 Å². The molecule has 0 spiro atoms. The lowest BCUT2D eigenvalue weighted by Gasteiger charge is -2.24. The summed E-state index contributed by atoms with van der Waals surface area (Å²) in [5, 5.41) is 0. The Morgan fingerprint density at radius 3 is 2.57 bits per heavy atom. The van der Waals surface area contributed by atoms with E-state index in [1.165, 1.54) is 6.08 Å². The highest BCUT2D eigenvalue weighted by atomic mass is 32.2. The second-order valence-corrected chi connectivity index (χ2v) is 6.56. The van der Waals surface area contributed by atoms with Gasteiger partial charge < -0.3 is 8.92 Å². The van der Waals surface area contributed by atoms with Crippen LogP contribution in [0.5, 0.6) is 0 Å². The molecule has 0 bridgehead atoms. The summed E-state index contributed by atoms with van der Waals surface area (Å²) in [5.41, 5.74) is -5.44. The Balaban J connectivity index is 2.41. The van der Waals surface area contributed by atoms with E-state index in [1.807, 2.05) is 0 Å². The lowest BCUT2D eigenvalue weighted by molar-refractivity contribution is -0.0602. The zero-order valence-corrected chi connectivity index (χ0v) is 12.8. The quantitative estimate of drug-likeness (QED) is 0.379. The van der Waals surface area contributed by atoms with Crippen LogP contribution in [0, 0.1) is 0 Å². The van der Waals surface area contributed by atoms with Gasteiger partial charge in [0.1, 0.15) is 6.10 Å². The molecule has 0 saturated heterocycles. The van der Waals surface area contributed by atoms with E-state index in [1.54, 1.807) is 0 Å². The highest BCUT2D eigenvalue weighted by molar-refractivity contribution is 7.87. The molecule has 1 atom stereocenters. The molecule has 8 heteroatoms. The molecule has 1 heterocycles. The van der Waals surface area contributed by atoms with E-state index < -0.39 is 21.6 Å². The maximum atomic E-state index is 12.2. The third kappa shape index (κ3) is 6.15. The summed E-state index contributed by atoms with van der Waals surface area (Å²) in [5.74, 6) is -0.558. The second-order valence-electron chi connectivity index (χ2n) is 5.03. The predicted molar refractivity (Wildman–Crippen MR) is 71.6 cm³/mol. The van der Waals surface area contributed by atoms with Gasteiger partial charge in [-0.05, 0) is 31.8 Å². The van der Waals surface area contributed by atoms with Gasteiger partial charge in [0.25, 0.3) is 5.95 Å². The lowest BCUT2D eigenvalue weighted by Crippen LogP contribution is -2.28. The van der Waals surface area contributed by atoms with Gasteiger partial charge >= 0.3 is 15.6 Å². The minimum absolute atomic E-state index is 0.282. The molecule has 0 fully saturated rings. The van der Waals surface area contributed by atoms with Crippen LogP contribution in [-0.2, 0) is 19.0 Å². The minimum Gasteiger partial charge on any atom is -0.462 e. The Kier molecular flexibility index (Phi) is 6.83. The number of allylic oxidation sites excluding steroid dienone is 1. The van der Waals surface area contributed by atoms with Crippen molar-refractivity contribution in [3.05, 3.63) is 12.0 Å². The van der Waals surface area contributed by atoms with Gasteiger partial charge in [-0.2, -0.15) is 21.6 Å². The second kappa shape index (κ2) is 7.91. The van der Waals surface area contributed by atoms with Gasteiger partial charge in [0.2, 0.25) is 0 Å². The fraction of sp³-hybridized carbons (Fsp3) is 0.846. The lowest BCUT2D eigenvalue weighted by atomic mass is 10.0. The van der Waals surface area contributed by atoms with Crippen LogP contribution >= 0.6 is 0 Å². The summed E-state index contributed by atoms with van der Waals surface area (Å²) in [6.07, 6.45) is 8.10. The van der Waals surface area contributed by atoms with Crippen LogP contribution < -0.4 is 0 Å². The van der Waals surface area contributed by atoms with Gasteiger partial charge in [-0.3, -0.25) is 0 Å². The van der Waals surface area contributed by atoms with Crippen LogP contribution in [0.25, 0.3) is 0 Å². The van der Waals surface area contributed by atoms with Crippen LogP contribution in [0.2, 0.25) is 0 Å². The molecule has 0 N–H and O–H groups in total. The molecular weight excluding hydrogens is 309 g/mol. The van der Waals surface area contributed by atoms with Crippen molar-refractivity contribution in [2.45, 2.75) is 69.9 Å². The molecule has 1 aliphatic rings. The molecule has 0 aliphatic carbocycles. The van der Waals surface area contributed by atoms with Crippen LogP contribution in [0.3, 0.4) is 0 Å². The number of unbranched alkanes of at least 4 members (excludes halogenated alkanes) is 4. The number of rotatable bonds is 8. The number of hydrogen-bond acceptors (Lipinski definition) is 4. The summed E-state index contributed by atoms with van der Waals surface area (Å²) in [6, 6.07) is 0. The van der Waals surface area contributed by atoms with Crippen LogP contribution in [0.15, 0.2) is 12.0 Å². The Hall–Kier alpha value is -0.920. The fourth-order valence-electron chi connectivity index (χ4n) is 2.05. The van der Waals surface area contributed by atoms with Crippen molar-refractivity contribution in [1.29, 1.82) is 0 Å². The van der Waals surface area contributed by atoms with Crippen LogP contribution in [0.1, 0.15) is 58.3 Å². The molecule has 0 aromatic carbocycles. The van der Waals surface area contributed by atoms with E-state index in [2.05, 4.69) is 11.1 Å². The number of hydrogen-bond donors (Lipinski definition) is 0. The molecule has 4 nitrogen and oxygen atoms in total. The first-order valence-electron chi connectivity index (χ1n) is 7.14. The summed E-state index contributed by atoms with van der Waals surface area (Å²) in [4.78, 5) is 0. The van der Waals surface area contributed by atoms with E-state index in [9.17, 15) is 21.6 Å². The molecule has 0 amide bonds. The third-order valence-electron chi connectivity index (χ3n) is 3.19. The Morgan fingerprint density at radius 2 is 1.95 bits per heavy atom. The first-order chi connectivity index (χ1) is 9.76. The molecule has 0 saturated carbocycles. The van der Waals surface area contributed by atoms with Crippen molar-refractivity contribution in [2.75, 3.05) is 0 Å². The van der Waals surface area contributed by atoms with Crippen molar-refractivity contribution in [2.24, 2.45) is 0 Å². The van der Waals surface area contributed by atoms with Crippen molar-refractivity contribution in [3.63, 3.8) is 0 Å². The molecule has 21 heavy (non-hydrogen) atoms. The maximum Gasteiger partial charge on any atom is 0.534 e. The molecule has 0 aromatic rings. The largest absolute Gasteiger partial charge is 0.534 e. The van der Waals surface area contributed by atoms with Gasteiger partial charge in [-0.25, -0.2) is 0 Å². The van der Waals surface area contributed by atoms with E-state index in [0.29, 0.717) is 19.3 Å². The van der Waals surface area contributed by atoms with E-state index in [0.717, 1.165) is 32.1 Å². The van der Waals surface area contributed by atoms with Gasteiger partial charge in [0.05, 0.1) is 0 Å². The summed E-state index contributed by atoms with van der Waals surface area (Å²) < 4.78 is 67.6. The monoisotopic (exact) mass is 330 g/mol. The minimum atomic E-state index is -5.65. The summed E-state index contributed by atoms with van der Waals surface area (Å²) in [7, 11) is -5.65. The number of ether oxygens (including phenoxy) is 1. The fourth-order valence-corrected chi connectivity index (χ4v) is 2.46. The average Bonchev–Trinajstić information content (AvgIpc) is 2.37. The Bertz CT molecular complexity index is 443. The summed E-state index contributed by atoms with van der Waals surface area (Å²) >= 11 is 0. The van der Waals surface area contributed by atoms with E-state index >= 15 is 0 Å². The molecule has 1 aliphatic heterocycles. The van der Waals surface area contributed by atoms with E-state index in [-0.39, 0.29) is 6.10 Å². The molecule has 1 rings (SSSR count). The average molecular weight is 330 g/mol. The SMILES string of the molecule is CCCCCCCC1CCC=C(OS(=O)(=O)C(F)(F)F)O1. The van der Waals surface area contributed by atoms with Gasteiger partial charge in [0, 0.05) is 0 Å². The van der Waals surface area contributed by atoms with Crippen molar-refractivity contribution in [1.82, 2.24) is 0 Å². The zero-order chi connectivity index (χ0) is 15.9. The first kappa shape index (κ1) is 18.1. The van der Waals surface area contributed by atoms with E-state index in [4.69, 9.17) is 4.74 Å². The molecule has 0 radical (unpaired) electrons. The van der Waals surface area contributed by atoms with Gasteiger partial charge in [0.15, 0.2) is 0 Å². The standard InChI is InChI=1S/C13H21F3O4S/c1-2-3-4-5-6-8-11-9-7-10-12(19-11)20-21(17,18)13(14,15)16/h10-11H,2-9H2,1H3. The van der Waals surface area contributed by atoms with Crippen molar-refractivity contribution < 1.29 is 30.5 Å². The smallest absolute Gasteiger partial charge is 0.462 e. The maximum absolute atomic E-state index is 12.2. The topological polar surface area (TPSA) is 52.6 Å². The summed E-state index contributed by atoms with van der Waals surface area (Å²) in [6.45, 7) is 2.11. The Morgan fingerprint density at radius 1 is 1.29 bits per heavy atom. The first-order valence-corrected chi connectivity index (χ1v) is 8.54. The van der Waals surface area contributed by atoms with Crippen molar-refractivity contribution >= 4 is 10.1 Å². The normalized spacial score (nSPS) is 19.8. The number of alkyl halides is 3. The third-order valence-corrected chi connectivity index (χ3v) is 4.14. The molecule has 0 aromatic heterocycles. The molecule has 1 unspecified atom stereocenters. The van der Waals surface area contributed by atoms with Crippen molar-refractivity contribution in [3.8, 4) is 0 Å². The molecular formula is C13H21F3O4S. The highest BCUT2D eigenvalue weighted by Gasteiger charge is 2.49. The highest BCUT2D eigenvalue weighted by Crippen LogP contribution is 2.30. The zero-order valence-electron chi connectivity index (χ0n) is 12.0. The van der Waals surface area contributed by atoms with Crippen LogP contribution in [0.4, 0.5) is 13.2 Å². The predicted octanol–water partition coefficient (Wildman–Crippen LogP) is 4.23. The number of halogens is 3. The molecule has 124 valence electrons.